The van der Waals surface area contributed by atoms with Gasteiger partial charge in [-0.3, -0.25) is 0 Å². The molecule has 0 saturated heterocycles. The van der Waals surface area contributed by atoms with Gasteiger partial charge in [0.15, 0.2) is 0 Å². The van der Waals surface area contributed by atoms with Gasteiger partial charge < -0.3 is 5.32 Å². The molecule has 1 aromatic heterocycles. The van der Waals surface area contributed by atoms with Gasteiger partial charge in [-0.05, 0) is 44.9 Å². The van der Waals surface area contributed by atoms with Crippen molar-refractivity contribution in [1.29, 1.82) is 0 Å². The van der Waals surface area contributed by atoms with Gasteiger partial charge in [-0.1, -0.05) is 0 Å². The van der Waals surface area contributed by atoms with Crippen molar-refractivity contribution in [2.24, 2.45) is 0 Å². The maximum atomic E-state index is 6.09. The third-order valence-corrected chi connectivity index (χ3v) is 4.59. The highest BCUT2D eigenvalue weighted by Gasteiger charge is 2.37. The van der Waals surface area contributed by atoms with E-state index in [1.807, 2.05) is 0 Å². The van der Waals surface area contributed by atoms with Crippen LogP contribution < -0.4 is 5.32 Å². The molecule has 92 valence electrons. The minimum Gasteiger partial charge on any atom is -0.363 e. The number of aromatic nitrogens is 2. The first-order valence-corrected chi connectivity index (χ1v) is 7.03. The van der Waals surface area contributed by atoms with E-state index in [0.29, 0.717) is 5.88 Å². The lowest BCUT2D eigenvalue weighted by molar-refractivity contribution is 0.309. The van der Waals surface area contributed by atoms with Crippen molar-refractivity contribution >= 4 is 17.4 Å². The molecule has 0 unspecified atom stereocenters. The Morgan fingerprint density at radius 1 is 1.18 bits per heavy atom. The lowest BCUT2D eigenvalue weighted by Gasteiger charge is -2.42. The summed E-state index contributed by atoms with van der Waals surface area (Å²) < 4.78 is 0. The number of fused-ring (bicyclic) bond motifs is 1. The summed E-state index contributed by atoms with van der Waals surface area (Å²) in [7, 11) is 0. The van der Waals surface area contributed by atoms with Crippen LogP contribution in [0.2, 0.25) is 0 Å². The summed E-state index contributed by atoms with van der Waals surface area (Å²) >= 11 is 6.09. The van der Waals surface area contributed by atoms with E-state index >= 15 is 0 Å². The van der Waals surface area contributed by atoms with Crippen LogP contribution in [0.5, 0.6) is 0 Å². The molecule has 0 atom stereocenters. The molecule has 1 saturated carbocycles. The maximum absolute atomic E-state index is 6.09. The molecule has 0 spiro atoms. The Kier molecular flexibility index (Phi) is 2.95. The SMILES string of the molecule is ClCC1(Nc2ncnc3c2CCCC3)CCC1. The third kappa shape index (κ3) is 2.01. The van der Waals surface area contributed by atoms with E-state index in [4.69, 9.17) is 11.6 Å². The Balaban J connectivity index is 1.87. The van der Waals surface area contributed by atoms with E-state index in [1.165, 1.54) is 30.5 Å². The van der Waals surface area contributed by atoms with Crippen molar-refractivity contribution in [2.45, 2.75) is 50.5 Å². The summed E-state index contributed by atoms with van der Waals surface area (Å²) in [6, 6.07) is 0. The molecule has 0 amide bonds. The lowest BCUT2D eigenvalue weighted by Crippen LogP contribution is -2.47. The molecule has 4 heteroatoms. The Labute approximate surface area is 107 Å². The topological polar surface area (TPSA) is 37.8 Å². The van der Waals surface area contributed by atoms with Gasteiger partial charge in [0.05, 0.1) is 5.54 Å². The van der Waals surface area contributed by atoms with E-state index in [1.54, 1.807) is 6.33 Å². The molecular weight excluding hydrogens is 234 g/mol. The fraction of sp³-hybridized carbons (Fsp3) is 0.692. The van der Waals surface area contributed by atoms with Crippen LogP contribution in [0.1, 0.15) is 43.4 Å². The summed E-state index contributed by atoms with van der Waals surface area (Å²) in [6.45, 7) is 0. The molecule has 0 bridgehead atoms. The number of hydrogen-bond donors (Lipinski definition) is 1. The van der Waals surface area contributed by atoms with Gasteiger partial charge in [-0.25, -0.2) is 9.97 Å². The summed E-state index contributed by atoms with van der Waals surface area (Å²) in [5, 5.41) is 3.59. The van der Waals surface area contributed by atoms with Crippen molar-refractivity contribution < 1.29 is 0 Å². The smallest absolute Gasteiger partial charge is 0.133 e. The molecule has 1 N–H and O–H groups in total. The molecule has 2 aliphatic carbocycles. The van der Waals surface area contributed by atoms with Crippen molar-refractivity contribution in [3.8, 4) is 0 Å². The van der Waals surface area contributed by atoms with Gasteiger partial charge in [0, 0.05) is 17.1 Å². The van der Waals surface area contributed by atoms with E-state index in [-0.39, 0.29) is 5.54 Å². The molecule has 17 heavy (non-hydrogen) atoms. The van der Waals surface area contributed by atoms with Gasteiger partial charge >= 0.3 is 0 Å². The molecule has 0 radical (unpaired) electrons. The van der Waals surface area contributed by atoms with Gasteiger partial charge in [-0.15, -0.1) is 11.6 Å². The first-order chi connectivity index (χ1) is 8.33. The number of rotatable bonds is 3. The third-order valence-electron chi connectivity index (χ3n) is 4.07. The highest BCUT2D eigenvalue weighted by atomic mass is 35.5. The number of hydrogen-bond acceptors (Lipinski definition) is 3. The zero-order chi connectivity index (χ0) is 11.7. The minimum absolute atomic E-state index is 0.0983. The summed E-state index contributed by atoms with van der Waals surface area (Å²) in [4.78, 5) is 8.82. The van der Waals surface area contributed by atoms with Crippen LogP contribution >= 0.6 is 11.6 Å². The van der Waals surface area contributed by atoms with Crippen LogP contribution in [0.15, 0.2) is 6.33 Å². The van der Waals surface area contributed by atoms with Crippen LogP contribution in [0.3, 0.4) is 0 Å². The molecule has 2 aliphatic rings. The average Bonchev–Trinajstić information content (AvgIpc) is 2.34. The Morgan fingerprint density at radius 3 is 2.71 bits per heavy atom. The summed E-state index contributed by atoms with van der Waals surface area (Å²) in [5.74, 6) is 1.71. The van der Waals surface area contributed by atoms with Gasteiger partial charge in [0.2, 0.25) is 0 Å². The number of halogens is 1. The number of nitrogens with zero attached hydrogens (tertiary/aromatic N) is 2. The molecule has 1 heterocycles. The number of anilines is 1. The molecule has 0 aliphatic heterocycles. The number of aryl methyl sites for hydroxylation is 1. The summed E-state index contributed by atoms with van der Waals surface area (Å²) in [5.41, 5.74) is 2.66. The van der Waals surface area contributed by atoms with Crippen LogP contribution in [-0.4, -0.2) is 21.4 Å². The van der Waals surface area contributed by atoms with Crippen LogP contribution in [-0.2, 0) is 12.8 Å². The van der Waals surface area contributed by atoms with Crippen molar-refractivity contribution in [1.82, 2.24) is 9.97 Å². The molecular formula is C13H18ClN3. The summed E-state index contributed by atoms with van der Waals surface area (Å²) in [6.07, 6.45) is 9.99. The molecule has 1 fully saturated rings. The van der Waals surface area contributed by atoms with Crippen molar-refractivity contribution in [2.75, 3.05) is 11.2 Å². The zero-order valence-electron chi connectivity index (χ0n) is 10.0. The lowest BCUT2D eigenvalue weighted by atomic mass is 9.78. The highest BCUT2D eigenvalue weighted by molar-refractivity contribution is 6.19. The van der Waals surface area contributed by atoms with E-state index < -0.39 is 0 Å². The standard InChI is InChI=1S/C13H18ClN3/c14-8-13(6-3-7-13)17-12-10-4-1-2-5-11(10)15-9-16-12/h9H,1-8H2,(H,15,16,17). The van der Waals surface area contributed by atoms with Gasteiger partial charge in [-0.2, -0.15) is 0 Å². The quantitative estimate of drug-likeness (QED) is 0.840. The molecule has 3 rings (SSSR count). The van der Waals surface area contributed by atoms with Crippen molar-refractivity contribution in [3.63, 3.8) is 0 Å². The van der Waals surface area contributed by atoms with E-state index in [0.717, 1.165) is 31.5 Å². The predicted octanol–water partition coefficient (Wildman–Crippen LogP) is 2.93. The molecule has 3 nitrogen and oxygen atoms in total. The highest BCUT2D eigenvalue weighted by Crippen LogP contribution is 2.37. The average molecular weight is 252 g/mol. The first kappa shape index (κ1) is 11.3. The van der Waals surface area contributed by atoms with Crippen molar-refractivity contribution in [3.05, 3.63) is 17.6 Å². The molecule has 1 aromatic rings. The second kappa shape index (κ2) is 4.45. The first-order valence-electron chi connectivity index (χ1n) is 6.50. The van der Waals surface area contributed by atoms with Crippen LogP contribution in [0.25, 0.3) is 0 Å². The van der Waals surface area contributed by atoms with Gasteiger partial charge in [0.25, 0.3) is 0 Å². The zero-order valence-corrected chi connectivity index (χ0v) is 10.8. The monoisotopic (exact) mass is 251 g/mol. The maximum Gasteiger partial charge on any atom is 0.133 e. The van der Waals surface area contributed by atoms with Crippen LogP contribution in [0, 0.1) is 0 Å². The minimum atomic E-state index is 0.0983. The number of nitrogens with one attached hydrogen (secondary N) is 1. The van der Waals surface area contributed by atoms with Gasteiger partial charge in [0.1, 0.15) is 12.1 Å². The number of alkyl halides is 1. The Morgan fingerprint density at radius 2 is 2.00 bits per heavy atom. The Hall–Kier alpha value is -0.830. The fourth-order valence-electron chi connectivity index (χ4n) is 2.78. The van der Waals surface area contributed by atoms with Crippen LogP contribution in [0.4, 0.5) is 5.82 Å². The fourth-order valence-corrected chi connectivity index (χ4v) is 3.11. The Bertz CT molecular complexity index is 410. The second-order valence-corrected chi connectivity index (χ2v) is 5.51. The van der Waals surface area contributed by atoms with E-state index in [9.17, 15) is 0 Å². The second-order valence-electron chi connectivity index (χ2n) is 5.25. The molecule has 0 aromatic carbocycles. The normalized spacial score (nSPS) is 21.5. The predicted molar refractivity (Wildman–Crippen MR) is 69.6 cm³/mol. The largest absolute Gasteiger partial charge is 0.363 e. The van der Waals surface area contributed by atoms with E-state index in [2.05, 4.69) is 15.3 Å².